The lowest BCUT2D eigenvalue weighted by Gasteiger charge is -1.95. The second kappa shape index (κ2) is 4.41. The van der Waals surface area contributed by atoms with Crippen LogP contribution >= 0.6 is 11.3 Å². The minimum absolute atomic E-state index is 0.0137. The summed E-state index contributed by atoms with van der Waals surface area (Å²) in [6.07, 6.45) is 1.46. The molecule has 3 aromatic rings. The maximum absolute atomic E-state index is 11.7. The molecule has 18 heavy (non-hydrogen) atoms. The maximum atomic E-state index is 11.7. The number of nitrogens with zero attached hydrogens (tertiary/aromatic N) is 3. The van der Waals surface area contributed by atoms with Crippen molar-refractivity contribution in [1.29, 1.82) is 0 Å². The van der Waals surface area contributed by atoms with Gasteiger partial charge in [0, 0.05) is 6.07 Å². The highest BCUT2D eigenvalue weighted by Gasteiger charge is 2.14. The normalized spacial score (nSPS) is 10.4. The first kappa shape index (κ1) is 10.7. The molecule has 0 aliphatic rings. The molecule has 0 radical (unpaired) electrons. The van der Waals surface area contributed by atoms with Gasteiger partial charge in [-0.3, -0.25) is 10.1 Å². The average Bonchev–Trinajstić information content (AvgIpc) is 3.12. The van der Waals surface area contributed by atoms with Crippen molar-refractivity contribution in [3.8, 4) is 11.7 Å². The quantitative estimate of drug-likeness (QED) is 0.776. The van der Waals surface area contributed by atoms with Gasteiger partial charge in [-0.2, -0.15) is 0 Å². The molecule has 3 rings (SSSR count). The molecule has 0 aromatic carbocycles. The maximum Gasteiger partial charge on any atom is 0.322 e. The molecular formula is C10H6N4O3S. The van der Waals surface area contributed by atoms with E-state index in [0.29, 0.717) is 10.6 Å². The molecule has 8 heteroatoms. The first-order valence-corrected chi connectivity index (χ1v) is 5.80. The molecule has 0 unspecified atom stereocenters. The van der Waals surface area contributed by atoms with Crippen molar-refractivity contribution in [2.24, 2.45) is 0 Å². The van der Waals surface area contributed by atoms with Crippen molar-refractivity contribution < 1.29 is 13.7 Å². The summed E-state index contributed by atoms with van der Waals surface area (Å²) in [5, 5.41) is 15.2. The standard InChI is InChI=1S/C10H6N4O3S/c15-8(7-2-1-5-18-7)12-10-14-13-9(16-10)6-3-4-11-17-6/h1-5H,(H,12,14,15). The SMILES string of the molecule is O=C(Nc1nnc(-c2ccno2)o1)c1cccs1. The number of nitrogens with one attached hydrogen (secondary N) is 1. The van der Waals surface area contributed by atoms with E-state index in [1.165, 1.54) is 17.5 Å². The molecule has 0 atom stereocenters. The molecule has 0 saturated heterocycles. The minimum Gasteiger partial charge on any atom is -0.400 e. The molecule has 0 aliphatic carbocycles. The number of carbonyl (C=O) groups is 1. The largest absolute Gasteiger partial charge is 0.400 e. The van der Waals surface area contributed by atoms with E-state index < -0.39 is 0 Å². The Morgan fingerprint density at radius 2 is 2.28 bits per heavy atom. The van der Waals surface area contributed by atoms with Crippen LogP contribution in [0.15, 0.2) is 38.7 Å². The lowest BCUT2D eigenvalue weighted by molar-refractivity contribution is 0.102. The Hall–Kier alpha value is -2.48. The molecule has 90 valence electrons. The molecule has 1 amide bonds. The smallest absolute Gasteiger partial charge is 0.322 e. The van der Waals surface area contributed by atoms with Crippen LogP contribution in [0.5, 0.6) is 0 Å². The summed E-state index contributed by atoms with van der Waals surface area (Å²) >= 11 is 1.32. The van der Waals surface area contributed by atoms with Crippen molar-refractivity contribution in [3.05, 3.63) is 34.7 Å². The van der Waals surface area contributed by atoms with Gasteiger partial charge in [0.1, 0.15) is 0 Å². The van der Waals surface area contributed by atoms with Gasteiger partial charge < -0.3 is 8.94 Å². The lowest BCUT2D eigenvalue weighted by atomic mass is 10.4. The van der Waals surface area contributed by atoms with Crippen molar-refractivity contribution >= 4 is 23.3 Å². The van der Waals surface area contributed by atoms with Gasteiger partial charge in [0.05, 0.1) is 11.1 Å². The van der Waals surface area contributed by atoms with Gasteiger partial charge in [0.15, 0.2) is 0 Å². The fourth-order valence-corrected chi connectivity index (χ4v) is 1.88. The first-order valence-electron chi connectivity index (χ1n) is 4.92. The van der Waals surface area contributed by atoms with Crippen LogP contribution in [0, 0.1) is 0 Å². The van der Waals surface area contributed by atoms with Crippen molar-refractivity contribution in [2.45, 2.75) is 0 Å². The van der Waals surface area contributed by atoms with Gasteiger partial charge in [-0.25, -0.2) is 0 Å². The fourth-order valence-electron chi connectivity index (χ4n) is 1.27. The summed E-state index contributed by atoms with van der Waals surface area (Å²) in [6.45, 7) is 0. The molecule has 3 heterocycles. The molecule has 0 fully saturated rings. The molecule has 3 aromatic heterocycles. The molecule has 0 aliphatic heterocycles. The molecule has 0 spiro atoms. The zero-order chi connectivity index (χ0) is 12.4. The zero-order valence-corrected chi connectivity index (χ0v) is 9.68. The van der Waals surface area contributed by atoms with Gasteiger partial charge in [-0.15, -0.1) is 16.4 Å². The highest BCUT2D eigenvalue weighted by molar-refractivity contribution is 7.12. The average molecular weight is 262 g/mol. The topological polar surface area (TPSA) is 94.1 Å². The van der Waals surface area contributed by atoms with E-state index in [4.69, 9.17) is 8.94 Å². The van der Waals surface area contributed by atoms with Gasteiger partial charge in [-0.1, -0.05) is 16.3 Å². The van der Waals surface area contributed by atoms with E-state index in [2.05, 4.69) is 20.7 Å². The lowest BCUT2D eigenvalue weighted by Crippen LogP contribution is -2.10. The Morgan fingerprint density at radius 1 is 1.33 bits per heavy atom. The fraction of sp³-hybridized carbons (Fsp3) is 0. The summed E-state index contributed by atoms with van der Waals surface area (Å²) in [7, 11) is 0. The van der Waals surface area contributed by atoms with Crippen LogP contribution < -0.4 is 5.32 Å². The van der Waals surface area contributed by atoms with Gasteiger partial charge >= 0.3 is 6.01 Å². The van der Waals surface area contributed by atoms with E-state index in [-0.39, 0.29) is 17.8 Å². The Bertz CT molecular complexity index is 645. The number of anilines is 1. The van der Waals surface area contributed by atoms with E-state index in [0.717, 1.165) is 0 Å². The van der Waals surface area contributed by atoms with Crippen LogP contribution in [-0.4, -0.2) is 21.3 Å². The molecule has 7 nitrogen and oxygen atoms in total. The van der Waals surface area contributed by atoms with E-state index >= 15 is 0 Å². The van der Waals surface area contributed by atoms with Gasteiger partial charge in [0.2, 0.25) is 5.76 Å². The monoisotopic (exact) mass is 262 g/mol. The Morgan fingerprint density at radius 3 is 3.00 bits per heavy atom. The van der Waals surface area contributed by atoms with Crippen molar-refractivity contribution in [1.82, 2.24) is 15.4 Å². The number of thiophene rings is 1. The van der Waals surface area contributed by atoms with Crippen molar-refractivity contribution in [3.63, 3.8) is 0 Å². The van der Waals surface area contributed by atoms with Crippen LogP contribution in [0.2, 0.25) is 0 Å². The predicted molar refractivity (Wildman–Crippen MR) is 62.1 cm³/mol. The molecule has 1 N–H and O–H groups in total. The van der Waals surface area contributed by atoms with Crippen LogP contribution in [0.4, 0.5) is 6.01 Å². The molecular weight excluding hydrogens is 256 g/mol. The Kier molecular flexibility index (Phi) is 2.61. The summed E-state index contributed by atoms with van der Waals surface area (Å²) in [6, 6.07) is 5.08. The van der Waals surface area contributed by atoms with Crippen LogP contribution in [-0.2, 0) is 0 Å². The summed E-state index contributed by atoms with van der Waals surface area (Å²) in [5.74, 6) is 0.214. The highest BCUT2D eigenvalue weighted by Crippen LogP contribution is 2.19. The predicted octanol–water partition coefficient (Wildman–Crippen LogP) is 2.04. The number of rotatable bonds is 3. The summed E-state index contributed by atoms with van der Waals surface area (Å²) < 4.78 is 10.1. The molecule has 0 saturated carbocycles. The summed E-state index contributed by atoms with van der Waals surface area (Å²) in [4.78, 5) is 12.3. The second-order valence-electron chi connectivity index (χ2n) is 3.22. The number of amides is 1. The van der Waals surface area contributed by atoms with Crippen molar-refractivity contribution in [2.75, 3.05) is 5.32 Å². The third kappa shape index (κ3) is 2.00. The Balaban J connectivity index is 1.76. The number of hydrogen-bond donors (Lipinski definition) is 1. The van der Waals surface area contributed by atoms with E-state index in [1.54, 1.807) is 18.2 Å². The number of aromatic nitrogens is 3. The number of carbonyl (C=O) groups excluding carboxylic acids is 1. The van der Waals surface area contributed by atoms with Crippen LogP contribution in [0.1, 0.15) is 9.67 Å². The van der Waals surface area contributed by atoms with Gasteiger partial charge in [0.25, 0.3) is 11.8 Å². The first-order chi connectivity index (χ1) is 8.83. The van der Waals surface area contributed by atoms with Crippen LogP contribution in [0.3, 0.4) is 0 Å². The zero-order valence-electron chi connectivity index (χ0n) is 8.86. The van der Waals surface area contributed by atoms with Crippen LogP contribution in [0.25, 0.3) is 11.7 Å². The highest BCUT2D eigenvalue weighted by atomic mass is 32.1. The molecule has 0 bridgehead atoms. The third-order valence-electron chi connectivity index (χ3n) is 2.04. The van der Waals surface area contributed by atoms with E-state index in [9.17, 15) is 4.79 Å². The summed E-state index contributed by atoms with van der Waals surface area (Å²) in [5.41, 5.74) is 0. The Labute approximate surface area is 104 Å². The van der Waals surface area contributed by atoms with E-state index in [1.807, 2.05) is 5.38 Å². The number of hydrogen-bond acceptors (Lipinski definition) is 7. The second-order valence-corrected chi connectivity index (χ2v) is 4.17. The third-order valence-corrected chi connectivity index (χ3v) is 2.91. The van der Waals surface area contributed by atoms with Gasteiger partial charge in [-0.05, 0) is 11.4 Å². The minimum atomic E-state index is -0.294.